The average molecular weight is 357 g/mol. The fraction of sp³-hybridized carbons (Fsp3) is 0.350. The maximum Gasteiger partial charge on any atom is 0.173 e. The molecule has 1 heterocycles. The Morgan fingerprint density at radius 1 is 1.08 bits per heavy atom. The first-order valence-corrected chi connectivity index (χ1v) is 9.14. The minimum atomic E-state index is 0.805. The molecule has 0 saturated carbocycles. The molecule has 2 aromatic carbocycles. The molecular formula is C20H26N3OS+. The van der Waals surface area contributed by atoms with E-state index in [-0.39, 0.29) is 0 Å². The molecule has 2 aromatic rings. The summed E-state index contributed by atoms with van der Waals surface area (Å²) >= 11 is 5.57. The summed E-state index contributed by atoms with van der Waals surface area (Å²) in [5.74, 6) is 0.852. The van der Waals surface area contributed by atoms with Gasteiger partial charge in [0.05, 0.1) is 33.3 Å². The number of hydrogen-bond acceptors (Lipinski definition) is 2. The number of anilines is 1. The second kappa shape index (κ2) is 8.32. The molecular weight excluding hydrogens is 330 g/mol. The monoisotopic (exact) mass is 356 g/mol. The molecule has 0 radical (unpaired) electrons. The van der Waals surface area contributed by atoms with Crippen LogP contribution < -0.4 is 15.0 Å². The zero-order valence-corrected chi connectivity index (χ0v) is 15.7. The number of aryl methyl sites for hydroxylation is 1. The molecule has 0 bridgehead atoms. The lowest BCUT2D eigenvalue weighted by Crippen LogP contribution is -3.13. The van der Waals surface area contributed by atoms with Crippen molar-refractivity contribution in [3.05, 3.63) is 59.7 Å². The zero-order chi connectivity index (χ0) is 17.6. The van der Waals surface area contributed by atoms with E-state index in [1.807, 2.05) is 24.3 Å². The van der Waals surface area contributed by atoms with E-state index < -0.39 is 0 Å². The van der Waals surface area contributed by atoms with E-state index in [1.165, 1.54) is 11.1 Å². The smallest absolute Gasteiger partial charge is 0.173 e. The van der Waals surface area contributed by atoms with E-state index in [9.17, 15) is 0 Å². The molecule has 0 atom stereocenters. The normalized spacial score (nSPS) is 15.0. The van der Waals surface area contributed by atoms with Crippen molar-refractivity contribution in [1.29, 1.82) is 0 Å². The molecule has 3 rings (SSSR count). The topological polar surface area (TPSA) is 28.9 Å². The third kappa shape index (κ3) is 4.94. The molecule has 1 aliphatic rings. The minimum Gasteiger partial charge on any atom is -0.497 e. The van der Waals surface area contributed by atoms with Crippen LogP contribution >= 0.6 is 12.2 Å². The van der Waals surface area contributed by atoms with E-state index in [0.717, 1.165) is 49.3 Å². The van der Waals surface area contributed by atoms with Gasteiger partial charge in [-0.3, -0.25) is 0 Å². The van der Waals surface area contributed by atoms with Crippen molar-refractivity contribution in [3.63, 3.8) is 0 Å². The molecule has 0 unspecified atom stereocenters. The van der Waals surface area contributed by atoms with Crippen LogP contribution in [0.15, 0.2) is 48.5 Å². The molecule has 0 aromatic heterocycles. The summed E-state index contributed by atoms with van der Waals surface area (Å²) in [6, 6.07) is 16.7. The second-order valence-corrected chi connectivity index (χ2v) is 6.94. The van der Waals surface area contributed by atoms with Gasteiger partial charge < -0.3 is 19.9 Å². The van der Waals surface area contributed by atoms with Crippen molar-refractivity contribution >= 4 is 23.0 Å². The molecule has 1 saturated heterocycles. The Kier molecular flexibility index (Phi) is 5.89. The lowest BCUT2D eigenvalue weighted by molar-refractivity contribution is -0.917. The second-order valence-electron chi connectivity index (χ2n) is 6.56. The van der Waals surface area contributed by atoms with Crippen LogP contribution in [0.3, 0.4) is 0 Å². The predicted octanol–water partition coefficient (Wildman–Crippen LogP) is 2.10. The average Bonchev–Trinajstić information content (AvgIpc) is 2.65. The number of rotatable bonds is 4. The number of nitrogens with one attached hydrogen (secondary N) is 2. The highest BCUT2D eigenvalue weighted by molar-refractivity contribution is 7.80. The number of benzene rings is 2. The lowest BCUT2D eigenvalue weighted by Gasteiger charge is -2.34. The Labute approximate surface area is 155 Å². The maximum atomic E-state index is 5.57. The fourth-order valence-corrected chi connectivity index (χ4v) is 3.37. The minimum absolute atomic E-state index is 0.805. The van der Waals surface area contributed by atoms with E-state index in [0.29, 0.717) is 0 Å². The van der Waals surface area contributed by atoms with Crippen LogP contribution in [0.25, 0.3) is 0 Å². The van der Waals surface area contributed by atoms with Crippen LogP contribution in [-0.2, 0) is 6.54 Å². The van der Waals surface area contributed by atoms with Crippen molar-refractivity contribution in [1.82, 2.24) is 4.90 Å². The maximum absolute atomic E-state index is 5.57. The summed E-state index contributed by atoms with van der Waals surface area (Å²) in [6.07, 6.45) is 0. The molecule has 0 amide bonds. The molecule has 132 valence electrons. The molecule has 1 aliphatic heterocycles. The number of methoxy groups -OCH3 is 1. The Morgan fingerprint density at radius 3 is 2.32 bits per heavy atom. The molecule has 4 nitrogen and oxygen atoms in total. The third-order valence-electron chi connectivity index (χ3n) is 4.67. The Balaban J connectivity index is 1.47. The van der Waals surface area contributed by atoms with Crippen molar-refractivity contribution < 1.29 is 9.64 Å². The SMILES string of the molecule is COc1ccc(NC(=S)N2CC[NH+](Cc3ccc(C)cc3)CC2)cc1. The van der Waals surface area contributed by atoms with Crippen LogP contribution in [0.4, 0.5) is 5.69 Å². The molecule has 0 aliphatic carbocycles. The Morgan fingerprint density at radius 2 is 1.72 bits per heavy atom. The third-order valence-corrected chi connectivity index (χ3v) is 5.03. The molecule has 25 heavy (non-hydrogen) atoms. The first-order valence-electron chi connectivity index (χ1n) is 8.73. The van der Waals surface area contributed by atoms with Crippen molar-refractivity contribution in [3.8, 4) is 5.75 Å². The molecule has 0 spiro atoms. The van der Waals surface area contributed by atoms with Gasteiger partial charge in [0.25, 0.3) is 0 Å². The standard InChI is InChI=1S/C20H25N3OS/c1-16-3-5-17(6-4-16)15-22-11-13-23(14-12-22)20(25)21-18-7-9-19(24-2)10-8-18/h3-10H,11-15H2,1-2H3,(H,21,25)/p+1. The highest BCUT2D eigenvalue weighted by Crippen LogP contribution is 2.15. The highest BCUT2D eigenvalue weighted by atomic mass is 32.1. The van der Waals surface area contributed by atoms with Gasteiger partial charge in [-0.05, 0) is 43.4 Å². The highest BCUT2D eigenvalue weighted by Gasteiger charge is 2.21. The quantitative estimate of drug-likeness (QED) is 0.821. The number of nitrogens with zero attached hydrogens (tertiary/aromatic N) is 1. The van der Waals surface area contributed by atoms with Gasteiger partial charge in [0.15, 0.2) is 5.11 Å². The number of ether oxygens (including phenoxy) is 1. The van der Waals surface area contributed by atoms with Crippen LogP contribution in [0.2, 0.25) is 0 Å². The predicted molar refractivity (Wildman–Crippen MR) is 106 cm³/mol. The summed E-state index contributed by atoms with van der Waals surface area (Å²) in [5, 5.41) is 4.13. The van der Waals surface area contributed by atoms with Gasteiger partial charge in [-0.15, -0.1) is 0 Å². The van der Waals surface area contributed by atoms with Gasteiger partial charge >= 0.3 is 0 Å². The van der Waals surface area contributed by atoms with Gasteiger partial charge in [0, 0.05) is 11.3 Å². The van der Waals surface area contributed by atoms with Crippen molar-refractivity contribution in [2.24, 2.45) is 0 Å². The van der Waals surface area contributed by atoms with E-state index in [4.69, 9.17) is 17.0 Å². The van der Waals surface area contributed by atoms with Gasteiger partial charge in [-0.2, -0.15) is 0 Å². The number of hydrogen-bond donors (Lipinski definition) is 2. The van der Waals surface area contributed by atoms with E-state index in [1.54, 1.807) is 12.0 Å². The Bertz CT molecular complexity index is 692. The van der Waals surface area contributed by atoms with Crippen LogP contribution in [0.5, 0.6) is 5.75 Å². The van der Waals surface area contributed by atoms with E-state index in [2.05, 4.69) is 41.4 Å². The summed E-state index contributed by atoms with van der Waals surface area (Å²) < 4.78 is 5.18. The lowest BCUT2D eigenvalue weighted by atomic mass is 10.1. The summed E-state index contributed by atoms with van der Waals surface area (Å²) in [4.78, 5) is 3.88. The summed E-state index contributed by atoms with van der Waals surface area (Å²) in [7, 11) is 1.67. The number of quaternary nitrogens is 1. The van der Waals surface area contributed by atoms with Crippen LogP contribution in [0, 0.1) is 6.92 Å². The van der Waals surface area contributed by atoms with Gasteiger partial charge in [0.1, 0.15) is 12.3 Å². The molecule has 1 fully saturated rings. The summed E-state index contributed by atoms with van der Waals surface area (Å²) in [5.41, 5.74) is 3.73. The molecule has 2 N–H and O–H groups in total. The van der Waals surface area contributed by atoms with Gasteiger partial charge in [0.2, 0.25) is 0 Å². The Hall–Kier alpha value is -2.11. The first-order chi connectivity index (χ1) is 12.1. The zero-order valence-electron chi connectivity index (χ0n) is 14.9. The van der Waals surface area contributed by atoms with Crippen molar-refractivity contribution in [2.45, 2.75) is 13.5 Å². The fourth-order valence-electron chi connectivity index (χ4n) is 3.07. The van der Waals surface area contributed by atoms with Crippen LogP contribution in [-0.4, -0.2) is 43.3 Å². The van der Waals surface area contributed by atoms with Crippen molar-refractivity contribution in [2.75, 3.05) is 38.6 Å². The number of piperazine rings is 1. The largest absolute Gasteiger partial charge is 0.497 e. The van der Waals surface area contributed by atoms with Crippen LogP contribution in [0.1, 0.15) is 11.1 Å². The van der Waals surface area contributed by atoms with Gasteiger partial charge in [-0.25, -0.2) is 0 Å². The van der Waals surface area contributed by atoms with E-state index >= 15 is 0 Å². The van der Waals surface area contributed by atoms with Gasteiger partial charge in [-0.1, -0.05) is 29.8 Å². The first kappa shape index (κ1) is 17.7. The molecule has 5 heteroatoms. The number of thiocarbonyl (C=S) groups is 1. The summed E-state index contributed by atoms with van der Waals surface area (Å²) in [6.45, 7) is 7.42.